The molecule has 0 aromatic rings. The topological polar surface area (TPSA) is 99.4 Å². The molecule has 0 unspecified atom stereocenters. The van der Waals surface area contributed by atoms with Gasteiger partial charge in [0, 0.05) is 0 Å². The third-order valence-electron chi connectivity index (χ3n) is 13.1. The van der Waals surface area contributed by atoms with E-state index in [1.807, 2.05) is 0 Å². The summed E-state index contributed by atoms with van der Waals surface area (Å²) < 4.78 is 11.4. The first kappa shape index (κ1) is 30.9. The van der Waals surface area contributed by atoms with Crippen LogP contribution in [0, 0.1) is 52.3 Å². The maximum absolute atomic E-state index is 10.4. The number of allylic oxidation sites excluding steroid dienone is 1. The minimum atomic E-state index is -1.57. The third kappa shape index (κ3) is 5.36. The van der Waals surface area contributed by atoms with Crippen molar-refractivity contribution < 1.29 is 29.9 Å². The van der Waals surface area contributed by atoms with Crippen molar-refractivity contribution in [2.75, 3.05) is 0 Å². The summed E-state index contributed by atoms with van der Waals surface area (Å²) in [7, 11) is 0. The molecule has 0 bridgehead atoms. The van der Waals surface area contributed by atoms with Crippen LogP contribution in [0.25, 0.3) is 0 Å². The van der Waals surface area contributed by atoms with Crippen LogP contribution in [0.4, 0.5) is 0 Å². The number of rotatable bonds is 8. The van der Waals surface area contributed by atoms with Gasteiger partial charge < -0.3 is 29.9 Å². The number of ether oxygens (including phenoxy) is 2. The molecule has 4 N–H and O–H groups in total. The highest BCUT2D eigenvalue weighted by Crippen LogP contribution is 2.67. The lowest BCUT2D eigenvalue weighted by Gasteiger charge is -2.58. The van der Waals surface area contributed by atoms with E-state index in [-0.39, 0.29) is 11.5 Å². The smallest absolute Gasteiger partial charge is 0.189 e. The summed E-state index contributed by atoms with van der Waals surface area (Å²) in [4.78, 5) is 0. The number of fused-ring (bicyclic) bond motifs is 5. The quantitative estimate of drug-likeness (QED) is 0.279. The monoisotopic (exact) mass is 562 g/mol. The Morgan fingerprint density at radius 2 is 1.68 bits per heavy atom. The Labute approximate surface area is 242 Å². The van der Waals surface area contributed by atoms with E-state index in [0.29, 0.717) is 5.41 Å². The average Bonchev–Trinajstić information content (AvgIpc) is 3.28. The lowest BCUT2D eigenvalue weighted by Crippen LogP contribution is -2.59. The van der Waals surface area contributed by atoms with Crippen LogP contribution in [-0.4, -0.2) is 57.4 Å². The van der Waals surface area contributed by atoms with Gasteiger partial charge in [0.25, 0.3) is 0 Å². The highest BCUT2D eigenvalue weighted by Gasteiger charge is 2.59. The van der Waals surface area contributed by atoms with E-state index in [1.165, 1.54) is 56.9 Å². The summed E-state index contributed by atoms with van der Waals surface area (Å²) in [6, 6.07) is 0. The molecular weight excluding hydrogens is 504 g/mol. The first-order valence-electron chi connectivity index (χ1n) is 16.6. The average molecular weight is 563 g/mol. The maximum Gasteiger partial charge on any atom is 0.189 e. The zero-order chi connectivity index (χ0) is 29.0. The molecule has 1 aliphatic heterocycles. The van der Waals surface area contributed by atoms with Crippen molar-refractivity contribution in [2.45, 2.75) is 149 Å². The first-order valence-corrected chi connectivity index (χ1v) is 16.6. The predicted octanol–water partition coefficient (Wildman–Crippen LogP) is 5.81. The molecule has 5 rings (SSSR count). The standard InChI is InChI=1S/C34H58O6/c1-7-21(19(2)3)9-8-20(4)25-12-13-26-24-11-10-22-18-23(39-32-30(37)28(35)29(36)31(38)40-32)14-16-33(22,5)27(24)15-17-34(25,26)6/h10,19-21,23-32,35-38H,7-9,11-18H2,1-6H3/t20-,21-,23+,24+,25-,26+,27+,28-,29-,30+,31+,32+,33+,34-/m1/s1. The summed E-state index contributed by atoms with van der Waals surface area (Å²) in [5, 5.41) is 40.2. The van der Waals surface area contributed by atoms with E-state index in [9.17, 15) is 20.4 Å². The molecule has 0 amide bonds. The van der Waals surface area contributed by atoms with Crippen LogP contribution in [0.2, 0.25) is 0 Å². The van der Waals surface area contributed by atoms with Gasteiger partial charge >= 0.3 is 0 Å². The molecule has 1 heterocycles. The minimum Gasteiger partial charge on any atom is -0.387 e. The molecule has 14 atom stereocenters. The van der Waals surface area contributed by atoms with Gasteiger partial charge in [-0.1, -0.05) is 66.0 Å². The Morgan fingerprint density at radius 1 is 0.925 bits per heavy atom. The van der Waals surface area contributed by atoms with Gasteiger partial charge in [0.05, 0.1) is 6.10 Å². The third-order valence-corrected chi connectivity index (χ3v) is 13.1. The maximum atomic E-state index is 10.4. The van der Waals surface area contributed by atoms with Crippen molar-refractivity contribution in [3.05, 3.63) is 11.6 Å². The van der Waals surface area contributed by atoms with Gasteiger partial charge in [-0.05, 0) is 110 Å². The van der Waals surface area contributed by atoms with Gasteiger partial charge in [-0.25, -0.2) is 0 Å². The van der Waals surface area contributed by atoms with E-state index >= 15 is 0 Å². The van der Waals surface area contributed by atoms with Crippen molar-refractivity contribution in [1.29, 1.82) is 0 Å². The van der Waals surface area contributed by atoms with Crippen LogP contribution in [-0.2, 0) is 9.47 Å². The second kappa shape index (κ2) is 11.9. The van der Waals surface area contributed by atoms with Gasteiger partial charge in [0.2, 0.25) is 0 Å². The Bertz CT molecular complexity index is 905. The summed E-state index contributed by atoms with van der Waals surface area (Å²) in [5.74, 6) is 5.64. The summed E-state index contributed by atoms with van der Waals surface area (Å²) in [6.45, 7) is 14.9. The van der Waals surface area contributed by atoms with Gasteiger partial charge in [-0.3, -0.25) is 0 Å². The number of aliphatic hydroxyl groups is 4. The van der Waals surface area contributed by atoms with E-state index in [1.54, 1.807) is 0 Å². The molecule has 6 heteroatoms. The SMILES string of the molecule is CC[C@H](CC[C@@H](C)[C@H]1CC[C@H]2[C@@H]3CC=C4C[C@@H](O[C@H]5O[C@H](O)[C@H](O)[C@@H](O)[C@@H]5O)CC[C@]4(C)[C@H]3CC[C@]12C)C(C)C. The van der Waals surface area contributed by atoms with Gasteiger partial charge in [-0.2, -0.15) is 0 Å². The van der Waals surface area contributed by atoms with E-state index in [2.05, 4.69) is 47.6 Å². The van der Waals surface area contributed by atoms with Crippen LogP contribution in [0.1, 0.15) is 112 Å². The molecule has 0 aromatic carbocycles. The fourth-order valence-electron chi connectivity index (χ4n) is 10.5. The Balaban J connectivity index is 1.24. The molecule has 3 saturated carbocycles. The lowest BCUT2D eigenvalue weighted by molar-refractivity contribution is -0.348. The highest BCUT2D eigenvalue weighted by molar-refractivity contribution is 5.25. The Hall–Kier alpha value is -0.500. The molecule has 6 nitrogen and oxygen atoms in total. The van der Waals surface area contributed by atoms with Gasteiger partial charge in [0.15, 0.2) is 12.6 Å². The zero-order valence-corrected chi connectivity index (χ0v) is 26.0. The summed E-state index contributed by atoms with van der Waals surface area (Å²) in [5.41, 5.74) is 2.16. The van der Waals surface area contributed by atoms with Crippen LogP contribution >= 0.6 is 0 Å². The molecule has 1 saturated heterocycles. The van der Waals surface area contributed by atoms with E-state index < -0.39 is 30.9 Å². The molecule has 40 heavy (non-hydrogen) atoms. The summed E-state index contributed by atoms with van der Waals surface area (Å²) in [6.07, 6.45) is 8.73. The van der Waals surface area contributed by atoms with Crippen molar-refractivity contribution in [2.24, 2.45) is 52.3 Å². The number of hydrogen-bond donors (Lipinski definition) is 4. The fourth-order valence-corrected chi connectivity index (χ4v) is 10.5. The Morgan fingerprint density at radius 3 is 2.38 bits per heavy atom. The second-order valence-corrected chi connectivity index (χ2v) is 15.3. The van der Waals surface area contributed by atoms with Crippen molar-refractivity contribution in [1.82, 2.24) is 0 Å². The summed E-state index contributed by atoms with van der Waals surface area (Å²) >= 11 is 0. The largest absolute Gasteiger partial charge is 0.387 e. The van der Waals surface area contributed by atoms with Crippen LogP contribution in [0.5, 0.6) is 0 Å². The van der Waals surface area contributed by atoms with Crippen LogP contribution in [0.15, 0.2) is 11.6 Å². The second-order valence-electron chi connectivity index (χ2n) is 15.3. The molecule has 0 spiro atoms. The molecule has 5 aliphatic rings. The highest BCUT2D eigenvalue weighted by atomic mass is 16.7. The molecule has 4 aliphatic carbocycles. The molecular formula is C34H58O6. The molecule has 0 radical (unpaired) electrons. The lowest BCUT2D eigenvalue weighted by atomic mass is 9.47. The number of aliphatic hydroxyl groups excluding tert-OH is 4. The van der Waals surface area contributed by atoms with Gasteiger partial charge in [0.1, 0.15) is 18.3 Å². The van der Waals surface area contributed by atoms with Crippen molar-refractivity contribution in [3.63, 3.8) is 0 Å². The Kier molecular flexibility index (Phi) is 9.19. The normalized spacial score (nSPS) is 48.6. The number of hydrogen-bond acceptors (Lipinski definition) is 6. The molecule has 0 aromatic heterocycles. The minimum absolute atomic E-state index is 0.131. The van der Waals surface area contributed by atoms with Crippen molar-refractivity contribution >= 4 is 0 Å². The fraction of sp³-hybridized carbons (Fsp3) is 0.941. The molecule has 4 fully saturated rings. The first-order chi connectivity index (χ1) is 18.9. The van der Waals surface area contributed by atoms with Gasteiger partial charge in [-0.15, -0.1) is 0 Å². The van der Waals surface area contributed by atoms with Crippen molar-refractivity contribution in [3.8, 4) is 0 Å². The zero-order valence-electron chi connectivity index (χ0n) is 26.0. The predicted molar refractivity (Wildman–Crippen MR) is 156 cm³/mol. The van der Waals surface area contributed by atoms with Crippen LogP contribution in [0.3, 0.4) is 0 Å². The van der Waals surface area contributed by atoms with E-state index in [0.717, 1.165) is 60.7 Å². The van der Waals surface area contributed by atoms with E-state index in [4.69, 9.17) is 9.47 Å². The molecule has 230 valence electrons. The van der Waals surface area contributed by atoms with Crippen LogP contribution < -0.4 is 0 Å².